The maximum atomic E-state index is 6.02. The molecule has 0 unspecified atom stereocenters. The van der Waals surface area contributed by atoms with Crippen LogP contribution in [0.15, 0.2) is 115 Å². The maximum Gasteiger partial charge on any atom is 0.00176 e. The lowest BCUT2D eigenvalue weighted by Gasteiger charge is -2.14. The summed E-state index contributed by atoms with van der Waals surface area (Å²) in [5.41, 5.74) is 16.1. The summed E-state index contributed by atoms with van der Waals surface area (Å²) >= 11 is 0. The summed E-state index contributed by atoms with van der Waals surface area (Å²) < 4.78 is 0. The molecule has 1 aliphatic rings. The lowest BCUT2D eigenvalue weighted by Crippen LogP contribution is -1.95. The van der Waals surface area contributed by atoms with Crippen molar-refractivity contribution in [2.24, 2.45) is 5.73 Å². The molecule has 2 N–H and O–H groups in total. The van der Waals surface area contributed by atoms with Crippen LogP contribution in [-0.2, 0) is 6.42 Å². The fraction of sp³-hybridized carbons (Fsp3) is 0.133. The van der Waals surface area contributed by atoms with E-state index >= 15 is 0 Å². The predicted molar refractivity (Wildman–Crippen MR) is 134 cm³/mol. The van der Waals surface area contributed by atoms with Gasteiger partial charge in [0.25, 0.3) is 0 Å². The molecule has 3 aromatic carbocycles. The van der Waals surface area contributed by atoms with Gasteiger partial charge in [0.05, 0.1) is 0 Å². The molecule has 31 heavy (non-hydrogen) atoms. The second-order valence-corrected chi connectivity index (χ2v) is 8.05. The van der Waals surface area contributed by atoms with Crippen LogP contribution >= 0.6 is 0 Å². The number of nitrogens with two attached hydrogens (primary N) is 1. The van der Waals surface area contributed by atoms with E-state index in [2.05, 4.69) is 91.9 Å². The Balaban J connectivity index is 1.63. The second-order valence-electron chi connectivity index (χ2n) is 8.05. The highest BCUT2D eigenvalue weighted by Crippen LogP contribution is 2.29. The highest BCUT2D eigenvalue weighted by atomic mass is 14.5. The Bertz CT molecular complexity index is 1130. The number of benzene rings is 3. The molecule has 3 aromatic rings. The van der Waals surface area contributed by atoms with Crippen LogP contribution in [-0.4, -0.2) is 0 Å². The molecule has 0 heterocycles. The van der Waals surface area contributed by atoms with E-state index in [0.29, 0.717) is 0 Å². The van der Waals surface area contributed by atoms with Crippen molar-refractivity contribution in [3.05, 3.63) is 137 Å². The van der Waals surface area contributed by atoms with Crippen molar-refractivity contribution in [2.75, 3.05) is 0 Å². The zero-order valence-electron chi connectivity index (χ0n) is 18.1. The van der Waals surface area contributed by atoms with Gasteiger partial charge in [-0.15, -0.1) is 0 Å². The number of hydrogen-bond acceptors (Lipinski definition) is 1. The van der Waals surface area contributed by atoms with Gasteiger partial charge in [-0.1, -0.05) is 103 Å². The Kier molecular flexibility index (Phi) is 6.64. The summed E-state index contributed by atoms with van der Waals surface area (Å²) in [6, 6.07) is 29.9. The topological polar surface area (TPSA) is 26.0 Å². The van der Waals surface area contributed by atoms with Gasteiger partial charge in [-0.25, -0.2) is 0 Å². The minimum atomic E-state index is 0.854. The van der Waals surface area contributed by atoms with Gasteiger partial charge in [0.2, 0.25) is 0 Å². The van der Waals surface area contributed by atoms with E-state index in [1.807, 2.05) is 18.2 Å². The predicted octanol–water partition coefficient (Wildman–Crippen LogP) is 7.44. The van der Waals surface area contributed by atoms with Crippen molar-refractivity contribution in [2.45, 2.75) is 26.2 Å². The van der Waals surface area contributed by atoms with Crippen molar-refractivity contribution < 1.29 is 0 Å². The normalized spacial score (nSPS) is 14.7. The lowest BCUT2D eigenvalue weighted by molar-refractivity contribution is 1.03. The molecule has 0 aromatic heterocycles. The second kappa shape index (κ2) is 9.95. The molecule has 154 valence electrons. The van der Waals surface area contributed by atoms with Crippen LogP contribution in [0.5, 0.6) is 0 Å². The Morgan fingerprint density at radius 1 is 0.839 bits per heavy atom. The Labute approximate surface area is 186 Å². The monoisotopic (exact) mass is 403 g/mol. The van der Waals surface area contributed by atoms with Gasteiger partial charge in [0.15, 0.2) is 0 Å². The Hall–Kier alpha value is -3.58. The van der Waals surface area contributed by atoms with E-state index < -0.39 is 0 Å². The van der Waals surface area contributed by atoms with Crippen LogP contribution in [0.25, 0.3) is 16.7 Å². The molecular weight excluding hydrogens is 374 g/mol. The van der Waals surface area contributed by atoms with Crippen LogP contribution < -0.4 is 5.73 Å². The van der Waals surface area contributed by atoms with E-state index in [0.717, 1.165) is 30.4 Å². The average Bonchev–Trinajstić information content (AvgIpc) is 2.83. The third-order valence-electron chi connectivity index (χ3n) is 5.76. The SMILES string of the molecule is CC1=CCCC(c2ccc(C/C(=C\C(=C/N)c3ccccc3)c3ccccc3)cc2)=C1. The van der Waals surface area contributed by atoms with Crippen LogP contribution in [0.2, 0.25) is 0 Å². The Morgan fingerprint density at radius 3 is 2.10 bits per heavy atom. The zero-order chi connectivity index (χ0) is 21.5. The van der Waals surface area contributed by atoms with E-state index in [-0.39, 0.29) is 0 Å². The zero-order valence-corrected chi connectivity index (χ0v) is 18.1. The fourth-order valence-corrected chi connectivity index (χ4v) is 4.08. The summed E-state index contributed by atoms with van der Waals surface area (Å²) in [4.78, 5) is 0. The van der Waals surface area contributed by atoms with Crippen molar-refractivity contribution in [3.63, 3.8) is 0 Å². The van der Waals surface area contributed by atoms with Crippen LogP contribution in [0, 0.1) is 0 Å². The maximum absolute atomic E-state index is 6.02. The van der Waals surface area contributed by atoms with Crippen molar-refractivity contribution in [3.8, 4) is 0 Å². The lowest BCUT2D eigenvalue weighted by atomic mass is 9.91. The summed E-state index contributed by atoms with van der Waals surface area (Å²) in [5, 5.41) is 0. The molecule has 1 nitrogen and oxygen atoms in total. The van der Waals surface area contributed by atoms with E-state index in [1.165, 1.54) is 33.4 Å². The third kappa shape index (κ3) is 5.32. The highest BCUT2D eigenvalue weighted by Gasteiger charge is 2.09. The van der Waals surface area contributed by atoms with Gasteiger partial charge in [-0.3, -0.25) is 0 Å². The molecule has 1 aliphatic carbocycles. The molecule has 0 aliphatic heterocycles. The molecule has 0 saturated heterocycles. The summed E-state index contributed by atoms with van der Waals surface area (Å²) in [5.74, 6) is 0. The molecule has 0 amide bonds. The quantitative estimate of drug-likeness (QED) is 0.425. The first-order chi connectivity index (χ1) is 15.2. The fourth-order valence-electron chi connectivity index (χ4n) is 4.08. The first-order valence-electron chi connectivity index (χ1n) is 10.9. The summed E-state index contributed by atoms with van der Waals surface area (Å²) in [6.45, 7) is 2.18. The molecular formula is C30H29N. The summed E-state index contributed by atoms with van der Waals surface area (Å²) in [6.07, 6.45) is 11.6. The molecule has 0 radical (unpaired) electrons. The highest BCUT2D eigenvalue weighted by molar-refractivity contribution is 5.84. The van der Waals surface area contributed by atoms with Gasteiger partial charge >= 0.3 is 0 Å². The molecule has 0 atom stereocenters. The van der Waals surface area contributed by atoms with Gasteiger partial charge < -0.3 is 5.73 Å². The van der Waals surface area contributed by atoms with E-state index in [9.17, 15) is 0 Å². The van der Waals surface area contributed by atoms with Crippen LogP contribution in [0.4, 0.5) is 0 Å². The average molecular weight is 404 g/mol. The number of rotatable bonds is 6. The van der Waals surface area contributed by atoms with Gasteiger partial charge in [-0.2, -0.15) is 0 Å². The van der Waals surface area contributed by atoms with E-state index in [4.69, 9.17) is 5.73 Å². The van der Waals surface area contributed by atoms with Crippen LogP contribution in [0.1, 0.15) is 42.0 Å². The summed E-state index contributed by atoms with van der Waals surface area (Å²) in [7, 11) is 0. The minimum Gasteiger partial charge on any atom is -0.404 e. The Morgan fingerprint density at radius 2 is 1.48 bits per heavy atom. The largest absolute Gasteiger partial charge is 0.404 e. The molecule has 1 heteroatoms. The van der Waals surface area contributed by atoms with Crippen molar-refractivity contribution in [1.82, 2.24) is 0 Å². The number of allylic oxidation sites excluding steroid dienone is 7. The smallest absolute Gasteiger partial charge is 0.00176 e. The standard InChI is InChI=1S/C30H29N/c1-23-9-8-14-28(19-23)27-17-15-24(16-18-27)20-29(25-10-4-2-5-11-25)21-30(22-31)26-12-6-3-7-13-26/h2-7,9-13,15-19,21-22H,8,14,20,31H2,1H3/b29-21+,30-22+. The van der Waals surface area contributed by atoms with Crippen molar-refractivity contribution in [1.29, 1.82) is 0 Å². The van der Waals surface area contributed by atoms with Gasteiger partial charge in [0, 0.05) is 6.20 Å². The molecule has 4 rings (SSSR count). The molecule has 0 saturated carbocycles. The molecule has 0 bridgehead atoms. The first-order valence-corrected chi connectivity index (χ1v) is 10.9. The van der Waals surface area contributed by atoms with E-state index in [1.54, 1.807) is 6.20 Å². The van der Waals surface area contributed by atoms with Gasteiger partial charge in [-0.05, 0) is 71.2 Å². The number of hydrogen-bond donors (Lipinski definition) is 1. The third-order valence-corrected chi connectivity index (χ3v) is 5.76. The molecule has 0 spiro atoms. The molecule has 0 fully saturated rings. The van der Waals surface area contributed by atoms with Crippen LogP contribution in [0.3, 0.4) is 0 Å². The minimum absolute atomic E-state index is 0.854. The first kappa shape index (κ1) is 20.7. The van der Waals surface area contributed by atoms with Gasteiger partial charge in [0.1, 0.15) is 0 Å². The van der Waals surface area contributed by atoms with Crippen molar-refractivity contribution >= 4 is 16.7 Å².